The standard InChI is InChI=1S/C12H15ClO3/c1-9-8-10(5-6-11(9)13)16-12(14)4-3-7-15-2/h5-6,8H,3-4,7H2,1-2H3. The summed E-state index contributed by atoms with van der Waals surface area (Å²) in [5, 5.41) is 0.666. The minimum absolute atomic E-state index is 0.251. The molecule has 1 rings (SSSR count). The lowest BCUT2D eigenvalue weighted by molar-refractivity contribution is -0.134. The van der Waals surface area contributed by atoms with Crippen molar-refractivity contribution in [2.24, 2.45) is 0 Å². The van der Waals surface area contributed by atoms with Gasteiger partial charge >= 0.3 is 5.97 Å². The van der Waals surface area contributed by atoms with Crippen molar-refractivity contribution in [2.45, 2.75) is 19.8 Å². The van der Waals surface area contributed by atoms with E-state index < -0.39 is 0 Å². The maximum absolute atomic E-state index is 11.4. The number of esters is 1. The number of aryl methyl sites for hydroxylation is 1. The second kappa shape index (κ2) is 6.51. The van der Waals surface area contributed by atoms with Gasteiger partial charge in [0.2, 0.25) is 0 Å². The van der Waals surface area contributed by atoms with Gasteiger partial charge < -0.3 is 9.47 Å². The van der Waals surface area contributed by atoms with Crippen molar-refractivity contribution in [2.75, 3.05) is 13.7 Å². The van der Waals surface area contributed by atoms with Crippen LogP contribution >= 0.6 is 11.6 Å². The second-order valence-corrected chi connectivity index (χ2v) is 3.89. The smallest absolute Gasteiger partial charge is 0.311 e. The van der Waals surface area contributed by atoms with Gasteiger partial charge in [-0.2, -0.15) is 0 Å². The summed E-state index contributed by atoms with van der Waals surface area (Å²) in [6.45, 7) is 2.43. The average molecular weight is 243 g/mol. The molecule has 3 nitrogen and oxygen atoms in total. The van der Waals surface area contributed by atoms with E-state index in [-0.39, 0.29) is 5.97 Å². The molecular formula is C12H15ClO3. The molecule has 0 aromatic heterocycles. The number of halogens is 1. The van der Waals surface area contributed by atoms with Gasteiger partial charge in [-0.25, -0.2) is 0 Å². The Balaban J connectivity index is 2.46. The van der Waals surface area contributed by atoms with Crippen LogP contribution in [0.3, 0.4) is 0 Å². The van der Waals surface area contributed by atoms with E-state index in [0.717, 1.165) is 5.56 Å². The van der Waals surface area contributed by atoms with E-state index in [0.29, 0.717) is 30.2 Å². The first-order valence-electron chi connectivity index (χ1n) is 5.09. The SMILES string of the molecule is COCCCC(=O)Oc1ccc(Cl)c(C)c1. The molecule has 0 spiro atoms. The van der Waals surface area contributed by atoms with Gasteiger partial charge in [0.05, 0.1) is 0 Å². The maximum Gasteiger partial charge on any atom is 0.311 e. The molecule has 0 heterocycles. The number of carbonyl (C=O) groups excluding carboxylic acids is 1. The number of methoxy groups -OCH3 is 1. The number of hydrogen-bond acceptors (Lipinski definition) is 3. The third kappa shape index (κ3) is 4.21. The van der Waals surface area contributed by atoms with Crippen molar-refractivity contribution >= 4 is 17.6 Å². The Morgan fingerprint density at radius 1 is 1.44 bits per heavy atom. The van der Waals surface area contributed by atoms with Crippen LogP contribution in [0.15, 0.2) is 18.2 Å². The van der Waals surface area contributed by atoms with Crippen molar-refractivity contribution in [3.63, 3.8) is 0 Å². The largest absolute Gasteiger partial charge is 0.427 e. The van der Waals surface area contributed by atoms with Crippen LogP contribution in [0.4, 0.5) is 0 Å². The highest BCUT2D eigenvalue weighted by Gasteiger charge is 2.05. The predicted octanol–water partition coefficient (Wildman–Crippen LogP) is 2.98. The van der Waals surface area contributed by atoms with Crippen molar-refractivity contribution in [1.29, 1.82) is 0 Å². The van der Waals surface area contributed by atoms with E-state index in [1.807, 2.05) is 6.92 Å². The summed E-state index contributed by atoms with van der Waals surface area (Å²) in [4.78, 5) is 11.4. The van der Waals surface area contributed by atoms with Gasteiger partial charge in [-0.1, -0.05) is 11.6 Å². The maximum atomic E-state index is 11.4. The number of rotatable bonds is 5. The molecule has 0 radical (unpaired) electrons. The zero-order valence-electron chi connectivity index (χ0n) is 9.46. The normalized spacial score (nSPS) is 10.2. The topological polar surface area (TPSA) is 35.5 Å². The van der Waals surface area contributed by atoms with E-state index in [9.17, 15) is 4.79 Å². The van der Waals surface area contributed by atoms with Gasteiger partial charge in [0.25, 0.3) is 0 Å². The zero-order valence-corrected chi connectivity index (χ0v) is 10.2. The molecule has 0 saturated carbocycles. The number of carbonyl (C=O) groups is 1. The van der Waals surface area contributed by atoms with Crippen LogP contribution in [0.2, 0.25) is 5.02 Å². The van der Waals surface area contributed by atoms with Crippen LogP contribution < -0.4 is 4.74 Å². The fraction of sp³-hybridized carbons (Fsp3) is 0.417. The van der Waals surface area contributed by atoms with Crippen molar-refractivity contribution in [3.8, 4) is 5.75 Å². The molecule has 0 aliphatic carbocycles. The van der Waals surface area contributed by atoms with Crippen molar-refractivity contribution in [3.05, 3.63) is 28.8 Å². The minimum Gasteiger partial charge on any atom is -0.427 e. The molecule has 0 amide bonds. The Bertz CT molecular complexity index is 363. The first-order valence-corrected chi connectivity index (χ1v) is 5.47. The second-order valence-electron chi connectivity index (χ2n) is 3.48. The van der Waals surface area contributed by atoms with Gasteiger partial charge in [0, 0.05) is 25.2 Å². The summed E-state index contributed by atoms with van der Waals surface area (Å²) >= 11 is 5.86. The molecule has 4 heteroatoms. The van der Waals surface area contributed by atoms with Crippen LogP contribution in [0, 0.1) is 6.92 Å². The van der Waals surface area contributed by atoms with E-state index in [1.165, 1.54) is 0 Å². The lowest BCUT2D eigenvalue weighted by Gasteiger charge is -2.05. The first-order chi connectivity index (χ1) is 7.63. The predicted molar refractivity (Wildman–Crippen MR) is 62.9 cm³/mol. The van der Waals surface area contributed by atoms with Crippen LogP contribution in [-0.2, 0) is 9.53 Å². The molecule has 0 aliphatic heterocycles. The van der Waals surface area contributed by atoms with Gasteiger partial charge in [-0.15, -0.1) is 0 Å². The molecule has 88 valence electrons. The van der Waals surface area contributed by atoms with Gasteiger partial charge in [0.1, 0.15) is 5.75 Å². The quantitative estimate of drug-likeness (QED) is 0.452. The average Bonchev–Trinajstić information content (AvgIpc) is 2.24. The lowest BCUT2D eigenvalue weighted by Crippen LogP contribution is -2.08. The van der Waals surface area contributed by atoms with Crippen LogP contribution in [0.1, 0.15) is 18.4 Å². The molecule has 16 heavy (non-hydrogen) atoms. The molecule has 1 aromatic carbocycles. The summed E-state index contributed by atoms with van der Waals surface area (Å²) in [6.07, 6.45) is 1.03. The molecule has 0 atom stereocenters. The highest BCUT2D eigenvalue weighted by Crippen LogP contribution is 2.21. The Morgan fingerprint density at radius 2 is 2.19 bits per heavy atom. The van der Waals surface area contributed by atoms with Gasteiger partial charge in [-0.3, -0.25) is 4.79 Å². The van der Waals surface area contributed by atoms with Crippen LogP contribution in [0.25, 0.3) is 0 Å². The highest BCUT2D eigenvalue weighted by atomic mass is 35.5. The summed E-state index contributed by atoms with van der Waals surface area (Å²) in [5.74, 6) is 0.281. The molecule has 0 bridgehead atoms. The fourth-order valence-electron chi connectivity index (χ4n) is 1.22. The van der Waals surface area contributed by atoms with E-state index >= 15 is 0 Å². The molecule has 1 aromatic rings. The molecule has 0 unspecified atom stereocenters. The van der Waals surface area contributed by atoms with E-state index in [4.69, 9.17) is 21.1 Å². The van der Waals surface area contributed by atoms with Crippen LogP contribution in [-0.4, -0.2) is 19.7 Å². The molecule has 0 fully saturated rings. The summed E-state index contributed by atoms with van der Waals surface area (Å²) in [7, 11) is 1.61. The van der Waals surface area contributed by atoms with Gasteiger partial charge in [0.15, 0.2) is 0 Å². The summed E-state index contributed by atoms with van der Waals surface area (Å²) < 4.78 is 10.00. The molecule has 0 aliphatic rings. The lowest BCUT2D eigenvalue weighted by atomic mass is 10.2. The minimum atomic E-state index is -0.251. The summed E-state index contributed by atoms with van der Waals surface area (Å²) in [6, 6.07) is 5.15. The Kier molecular flexibility index (Phi) is 5.29. The molecule has 0 saturated heterocycles. The van der Waals surface area contributed by atoms with Crippen LogP contribution in [0.5, 0.6) is 5.75 Å². The first kappa shape index (κ1) is 13.0. The Hall–Kier alpha value is -1.06. The van der Waals surface area contributed by atoms with Crippen molar-refractivity contribution in [1.82, 2.24) is 0 Å². The monoisotopic (exact) mass is 242 g/mol. The molecule has 0 N–H and O–H groups in total. The Morgan fingerprint density at radius 3 is 2.81 bits per heavy atom. The zero-order chi connectivity index (χ0) is 12.0. The third-order valence-corrected chi connectivity index (χ3v) is 2.51. The number of hydrogen-bond donors (Lipinski definition) is 0. The fourth-order valence-corrected chi connectivity index (χ4v) is 1.34. The Labute approximate surface area is 100 Å². The van der Waals surface area contributed by atoms with E-state index in [2.05, 4.69) is 0 Å². The number of benzene rings is 1. The van der Waals surface area contributed by atoms with E-state index in [1.54, 1.807) is 25.3 Å². The third-order valence-electron chi connectivity index (χ3n) is 2.09. The van der Waals surface area contributed by atoms with Gasteiger partial charge in [-0.05, 0) is 37.1 Å². The number of ether oxygens (including phenoxy) is 2. The summed E-state index contributed by atoms with van der Waals surface area (Å²) in [5.41, 5.74) is 0.892. The van der Waals surface area contributed by atoms with Crippen molar-refractivity contribution < 1.29 is 14.3 Å². The molecular weight excluding hydrogens is 228 g/mol. The highest BCUT2D eigenvalue weighted by molar-refractivity contribution is 6.31.